The number of aromatic nitrogens is 3. The summed E-state index contributed by atoms with van der Waals surface area (Å²) in [7, 11) is 0. The number of aliphatic hydroxyl groups is 1. The second-order valence-electron chi connectivity index (χ2n) is 4.61. The van der Waals surface area contributed by atoms with Gasteiger partial charge in [0, 0.05) is 25.0 Å². The summed E-state index contributed by atoms with van der Waals surface area (Å²) < 4.78 is 7.29. The van der Waals surface area contributed by atoms with Crippen LogP contribution in [-0.2, 0) is 11.2 Å². The van der Waals surface area contributed by atoms with Gasteiger partial charge < -0.3 is 9.84 Å². The van der Waals surface area contributed by atoms with Crippen LogP contribution in [0.4, 0.5) is 0 Å². The summed E-state index contributed by atoms with van der Waals surface area (Å²) in [5.41, 5.74) is 0. The van der Waals surface area contributed by atoms with Gasteiger partial charge in [-0.1, -0.05) is 0 Å². The zero-order valence-corrected chi connectivity index (χ0v) is 9.83. The molecule has 0 aliphatic carbocycles. The lowest BCUT2D eigenvalue weighted by atomic mass is 9.95. The molecule has 2 unspecified atom stereocenters. The van der Waals surface area contributed by atoms with Crippen molar-refractivity contribution in [3.8, 4) is 0 Å². The van der Waals surface area contributed by atoms with Crippen molar-refractivity contribution in [3.63, 3.8) is 0 Å². The Morgan fingerprint density at radius 2 is 2.44 bits per heavy atom. The van der Waals surface area contributed by atoms with Crippen LogP contribution in [0.1, 0.15) is 32.1 Å². The molecule has 0 amide bonds. The van der Waals surface area contributed by atoms with Crippen LogP contribution in [0.25, 0.3) is 0 Å². The molecule has 1 aromatic heterocycles. The minimum atomic E-state index is -0.272. The van der Waals surface area contributed by atoms with E-state index in [2.05, 4.69) is 23.9 Å². The Bertz CT molecular complexity index is 338. The van der Waals surface area contributed by atoms with Crippen LogP contribution in [0.15, 0.2) is 6.33 Å². The predicted molar refractivity (Wildman–Crippen MR) is 59.0 cm³/mol. The highest BCUT2D eigenvalue weighted by Gasteiger charge is 2.25. The number of aliphatic hydroxyl groups excluding tert-OH is 1. The van der Waals surface area contributed by atoms with Crippen molar-refractivity contribution < 1.29 is 9.84 Å². The third kappa shape index (κ3) is 2.41. The molecule has 0 aromatic carbocycles. The van der Waals surface area contributed by atoms with Gasteiger partial charge in [-0.3, -0.25) is 0 Å². The Morgan fingerprint density at radius 1 is 1.62 bits per heavy atom. The summed E-state index contributed by atoms with van der Waals surface area (Å²) in [6.07, 6.45) is 2.76. The Labute approximate surface area is 95.4 Å². The zero-order valence-electron chi connectivity index (χ0n) is 9.83. The van der Waals surface area contributed by atoms with E-state index in [9.17, 15) is 5.11 Å². The molecule has 90 valence electrons. The fourth-order valence-corrected chi connectivity index (χ4v) is 2.07. The Hall–Kier alpha value is -0.940. The molecule has 16 heavy (non-hydrogen) atoms. The predicted octanol–water partition coefficient (Wildman–Crippen LogP) is 0.799. The lowest BCUT2D eigenvalue weighted by molar-refractivity contribution is -0.0360. The van der Waals surface area contributed by atoms with Crippen molar-refractivity contribution in [2.75, 3.05) is 13.2 Å². The fourth-order valence-electron chi connectivity index (χ4n) is 2.07. The first kappa shape index (κ1) is 11.5. The molecule has 1 saturated heterocycles. The SMILES string of the molecule is CC(C)n1ncnc1CC1COCCC1O. The first-order valence-electron chi connectivity index (χ1n) is 5.82. The molecule has 1 fully saturated rings. The molecule has 1 N–H and O–H groups in total. The molecule has 0 bridgehead atoms. The highest BCUT2D eigenvalue weighted by atomic mass is 16.5. The summed E-state index contributed by atoms with van der Waals surface area (Å²) in [5.74, 6) is 1.08. The third-order valence-corrected chi connectivity index (χ3v) is 3.02. The van der Waals surface area contributed by atoms with E-state index in [0.717, 1.165) is 18.7 Å². The van der Waals surface area contributed by atoms with Gasteiger partial charge in [0.15, 0.2) is 0 Å². The smallest absolute Gasteiger partial charge is 0.138 e. The van der Waals surface area contributed by atoms with Crippen LogP contribution in [-0.4, -0.2) is 39.2 Å². The molecule has 0 radical (unpaired) electrons. The van der Waals surface area contributed by atoms with E-state index in [1.807, 2.05) is 4.68 Å². The van der Waals surface area contributed by atoms with Crippen LogP contribution in [0, 0.1) is 5.92 Å². The number of ether oxygens (including phenoxy) is 1. The van der Waals surface area contributed by atoms with Crippen molar-refractivity contribution in [1.29, 1.82) is 0 Å². The number of nitrogens with zero attached hydrogens (tertiary/aromatic N) is 3. The maximum Gasteiger partial charge on any atom is 0.138 e. The minimum Gasteiger partial charge on any atom is -0.393 e. The van der Waals surface area contributed by atoms with Crippen molar-refractivity contribution in [3.05, 3.63) is 12.2 Å². The van der Waals surface area contributed by atoms with E-state index in [-0.39, 0.29) is 12.0 Å². The molecule has 2 atom stereocenters. The fraction of sp³-hybridized carbons (Fsp3) is 0.818. The van der Waals surface area contributed by atoms with Crippen molar-refractivity contribution in [1.82, 2.24) is 14.8 Å². The van der Waals surface area contributed by atoms with Gasteiger partial charge in [-0.25, -0.2) is 9.67 Å². The van der Waals surface area contributed by atoms with Gasteiger partial charge in [-0.15, -0.1) is 0 Å². The topological polar surface area (TPSA) is 60.2 Å². The summed E-state index contributed by atoms with van der Waals surface area (Å²) >= 11 is 0. The standard InChI is InChI=1S/C11H19N3O2/c1-8(2)14-11(12-7-13-14)5-9-6-16-4-3-10(9)15/h7-10,15H,3-6H2,1-2H3. The molecular formula is C11H19N3O2. The second kappa shape index (κ2) is 4.93. The lowest BCUT2D eigenvalue weighted by Gasteiger charge is -2.27. The monoisotopic (exact) mass is 225 g/mol. The van der Waals surface area contributed by atoms with Gasteiger partial charge in [-0.05, 0) is 20.3 Å². The second-order valence-corrected chi connectivity index (χ2v) is 4.61. The summed E-state index contributed by atoms with van der Waals surface area (Å²) in [6.45, 7) is 5.43. The van der Waals surface area contributed by atoms with E-state index < -0.39 is 0 Å². The van der Waals surface area contributed by atoms with Crippen LogP contribution in [0.5, 0.6) is 0 Å². The first-order chi connectivity index (χ1) is 7.68. The molecular weight excluding hydrogens is 206 g/mol. The van der Waals surface area contributed by atoms with Crippen molar-refractivity contribution in [2.45, 2.75) is 38.8 Å². The van der Waals surface area contributed by atoms with Gasteiger partial charge in [0.25, 0.3) is 0 Å². The number of rotatable bonds is 3. The molecule has 5 nitrogen and oxygen atoms in total. The normalized spacial score (nSPS) is 26.2. The van der Waals surface area contributed by atoms with Crippen molar-refractivity contribution >= 4 is 0 Å². The van der Waals surface area contributed by atoms with E-state index in [1.54, 1.807) is 6.33 Å². The largest absolute Gasteiger partial charge is 0.393 e. The highest BCUT2D eigenvalue weighted by Crippen LogP contribution is 2.19. The third-order valence-electron chi connectivity index (χ3n) is 3.02. The van der Waals surface area contributed by atoms with Crippen LogP contribution in [0.3, 0.4) is 0 Å². The average molecular weight is 225 g/mol. The van der Waals surface area contributed by atoms with Crippen LogP contribution in [0.2, 0.25) is 0 Å². The molecule has 1 aliphatic rings. The Kier molecular flexibility index (Phi) is 3.56. The van der Waals surface area contributed by atoms with Gasteiger partial charge in [0.2, 0.25) is 0 Å². The summed E-state index contributed by atoms with van der Waals surface area (Å²) in [5, 5.41) is 14.0. The quantitative estimate of drug-likeness (QED) is 0.826. The van der Waals surface area contributed by atoms with E-state index >= 15 is 0 Å². The Morgan fingerprint density at radius 3 is 3.12 bits per heavy atom. The lowest BCUT2D eigenvalue weighted by Crippen LogP contribution is -2.34. The highest BCUT2D eigenvalue weighted by molar-refractivity contribution is 4.91. The van der Waals surface area contributed by atoms with Gasteiger partial charge in [0.05, 0.1) is 12.7 Å². The molecule has 2 heterocycles. The van der Waals surface area contributed by atoms with Crippen molar-refractivity contribution in [2.24, 2.45) is 5.92 Å². The van der Waals surface area contributed by atoms with E-state index in [0.29, 0.717) is 19.3 Å². The molecule has 1 aliphatic heterocycles. The van der Waals surface area contributed by atoms with Crippen LogP contribution < -0.4 is 0 Å². The van der Waals surface area contributed by atoms with E-state index in [4.69, 9.17) is 4.74 Å². The van der Waals surface area contributed by atoms with Gasteiger partial charge in [0.1, 0.15) is 12.2 Å². The molecule has 5 heteroatoms. The maximum absolute atomic E-state index is 9.86. The molecule has 0 saturated carbocycles. The van der Waals surface area contributed by atoms with Crippen LogP contribution >= 0.6 is 0 Å². The average Bonchev–Trinajstić information content (AvgIpc) is 2.69. The Balaban J connectivity index is 2.04. The zero-order chi connectivity index (χ0) is 11.5. The summed E-state index contributed by atoms with van der Waals surface area (Å²) in [4.78, 5) is 4.25. The molecule has 1 aromatic rings. The maximum atomic E-state index is 9.86. The minimum absolute atomic E-state index is 0.149. The van der Waals surface area contributed by atoms with Gasteiger partial charge in [-0.2, -0.15) is 5.10 Å². The number of hydrogen-bond donors (Lipinski definition) is 1. The first-order valence-corrected chi connectivity index (χ1v) is 5.82. The number of hydrogen-bond acceptors (Lipinski definition) is 4. The molecule has 2 rings (SSSR count). The summed E-state index contributed by atoms with van der Waals surface area (Å²) in [6, 6.07) is 0.305. The van der Waals surface area contributed by atoms with Gasteiger partial charge >= 0.3 is 0 Å². The van der Waals surface area contributed by atoms with E-state index in [1.165, 1.54) is 0 Å². The molecule has 0 spiro atoms.